The highest BCUT2D eigenvalue weighted by atomic mass is 32.2. The first-order chi connectivity index (χ1) is 13.4. The lowest BCUT2D eigenvalue weighted by Crippen LogP contribution is -2.35. The summed E-state index contributed by atoms with van der Waals surface area (Å²) in [4.78, 5) is 12.4. The second-order valence-corrected chi connectivity index (χ2v) is 9.31. The summed E-state index contributed by atoms with van der Waals surface area (Å²) >= 11 is 0. The lowest BCUT2D eigenvalue weighted by atomic mass is 10.0. The van der Waals surface area contributed by atoms with Crippen molar-refractivity contribution in [2.45, 2.75) is 43.4 Å². The maximum atomic E-state index is 13.2. The summed E-state index contributed by atoms with van der Waals surface area (Å²) in [7, 11) is -3.76. The lowest BCUT2D eigenvalue weighted by molar-refractivity contribution is -0.119. The van der Waals surface area contributed by atoms with Gasteiger partial charge in [-0.3, -0.25) is 9.10 Å². The van der Waals surface area contributed by atoms with Crippen molar-refractivity contribution in [3.05, 3.63) is 53.8 Å². The van der Waals surface area contributed by atoms with Crippen LogP contribution in [0.1, 0.15) is 37.7 Å². The number of fused-ring (bicyclic) bond motifs is 1. The fraction of sp³-hybridized carbons (Fsp3) is 0.381. The van der Waals surface area contributed by atoms with Crippen LogP contribution in [0.2, 0.25) is 0 Å². The molecule has 4 rings (SSSR count). The molecule has 1 aliphatic heterocycles. The highest BCUT2D eigenvalue weighted by molar-refractivity contribution is 7.92. The van der Waals surface area contributed by atoms with Crippen LogP contribution in [0.5, 0.6) is 0 Å². The largest absolute Gasteiger partial charge is 0.326 e. The molecule has 0 aromatic heterocycles. The maximum Gasteiger partial charge on any atom is 0.264 e. The smallest absolute Gasteiger partial charge is 0.264 e. The molecule has 2 aliphatic rings. The van der Waals surface area contributed by atoms with Gasteiger partial charge in [-0.15, -0.1) is 0 Å². The Bertz CT molecular complexity index is 983. The van der Waals surface area contributed by atoms with Crippen molar-refractivity contribution in [3.63, 3.8) is 0 Å². The fourth-order valence-corrected chi connectivity index (χ4v) is 5.60. The third-order valence-corrected chi connectivity index (χ3v) is 7.38. The van der Waals surface area contributed by atoms with Gasteiger partial charge in [0, 0.05) is 18.2 Å². The van der Waals surface area contributed by atoms with Gasteiger partial charge >= 0.3 is 0 Å². The van der Waals surface area contributed by atoms with E-state index in [4.69, 9.17) is 0 Å². The van der Waals surface area contributed by atoms with Gasteiger partial charge in [0.15, 0.2) is 0 Å². The number of nitrogens with one attached hydrogen (secondary N) is 1. The molecule has 0 bridgehead atoms. The van der Waals surface area contributed by atoms with Crippen molar-refractivity contribution in [3.8, 4) is 0 Å². The van der Waals surface area contributed by atoms with Gasteiger partial charge in [0.2, 0.25) is 5.91 Å². The average Bonchev–Trinajstić information content (AvgIpc) is 3.22. The SMILES string of the molecule is O=C(Nc1ccc2c(c1)CCCN2S(=O)(=O)c1ccc(F)cc1)C1CCCC1. The van der Waals surface area contributed by atoms with Crippen LogP contribution in [0.25, 0.3) is 0 Å². The fourth-order valence-electron chi connectivity index (χ4n) is 4.06. The normalized spacial score (nSPS) is 17.4. The summed E-state index contributed by atoms with van der Waals surface area (Å²) in [6, 6.07) is 10.3. The molecular weight excluding hydrogens is 379 g/mol. The Kier molecular flexibility index (Phi) is 5.10. The number of nitrogens with zero attached hydrogens (tertiary/aromatic N) is 1. The Hall–Kier alpha value is -2.41. The first kappa shape index (κ1) is 18.9. The van der Waals surface area contributed by atoms with E-state index in [1.54, 1.807) is 12.1 Å². The number of hydrogen-bond donors (Lipinski definition) is 1. The first-order valence-corrected chi connectivity index (χ1v) is 11.1. The van der Waals surface area contributed by atoms with Gasteiger partial charge in [-0.25, -0.2) is 12.8 Å². The van der Waals surface area contributed by atoms with Crippen LogP contribution >= 0.6 is 0 Å². The monoisotopic (exact) mass is 402 g/mol. The molecule has 0 saturated heterocycles. The van der Waals surface area contributed by atoms with Crippen molar-refractivity contribution in [1.29, 1.82) is 0 Å². The van der Waals surface area contributed by atoms with E-state index in [9.17, 15) is 17.6 Å². The van der Waals surface area contributed by atoms with Crippen LogP contribution in [0.15, 0.2) is 47.4 Å². The van der Waals surface area contributed by atoms with Crippen LogP contribution in [0.3, 0.4) is 0 Å². The standard InChI is InChI=1S/C21H23FN2O3S/c22-17-7-10-19(11-8-17)28(26,27)24-13-3-6-16-14-18(9-12-20(16)24)23-21(25)15-4-1-2-5-15/h7-12,14-15H,1-6,13H2,(H,23,25). The van der Waals surface area contributed by atoms with Gasteiger partial charge in [-0.05, 0) is 73.7 Å². The van der Waals surface area contributed by atoms with Gasteiger partial charge in [0.25, 0.3) is 10.0 Å². The first-order valence-electron chi connectivity index (χ1n) is 9.67. The molecule has 0 unspecified atom stereocenters. The molecule has 2 aromatic rings. The quantitative estimate of drug-likeness (QED) is 0.837. The summed E-state index contributed by atoms with van der Waals surface area (Å²) in [5.41, 5.74) is 2.22. The molecule has 0 radical (unpaired) electrons. The zero-order valence-electron chi connectivity index (χ0n) is 15.5. The molecule has 1 fully saturated rings. The molecule has 148 valence electrons. The second-order valence-electron chi connectivity index (χ2n) is 7.45. The predicted octanol–water partition coefficient (Wildman–Crippen LogP) is 4.10. The number of rotatable bonds is 4. The molecular formula is C21H23FN2O3S. The molecule has 0 spiro atoms. The van der Waals surface area contributed by atoms with Gasteiger partial charge in [0.05, 0.1) is 10.6 Å². The van der Waals surface area contributed by atoms with Crippen LogP contribution in [-0.4, -0.2) is 20.9 Å². The zero-order chi connectivity index (χ0) is 19.7. The summed E-state index contributed by atoms with van der Waals surface area (Å²) in [6.07, 6.45) is 5.49. The summed E-state index contributed by atoms with van der Waals surface area (Å²) in [5.74, 6) is -0.351. The maximum absolute atomic E-state index is 13.2. The Labute approximate surface area is 164 Å². The molecule has 0 atom stereocenters. The number of amides is 1. The molecule has 1 amide bonds. The number of carbonyl (C=O) groups excluding carboxylic acids is 1. The summed E-state index contributed by atoms with van der Waals surface area (Å²) in [5, 5.41) is 2.98. The van der Waals surface area contributed by atoms with Crippen LogP contribution in [0.4, 0.5) is 15.8 Å². The number of sulfonamides is 1. The molecule has 5 nitrogen and oxygen atoms in total. The number of carbonyl (C=O) groups is 1. The van der Waals surface area contributed by atoms with Crippen LogP contribution in [-0.2, 0) is 21.2 Å². The molecule has 2 aromatic carbocycles. The Balaban J connectivity index is 1.59. The average molecular weight is 402 g/mol. The second kappa shape index (κ2) is 7.54. The number of aryl methyl sites for hydroxylation is 1. The van der Waals surface area contributed by atoms with E-state index in [1.807, 2.05) is 6.07 Å². The highest BCUT2D eigenvalue weighted by Crippen LogP contribution is 2.34. The molecule has 1 heterocycles. The molecule has 1 aliphatic carbocycles. The predicted molar refractivity (Wildman–Crippen MR) is 106 cm³/mol. The minimum atomic E-state index is -3.76. The topological polar surface area (TPSA) is 66.5 Å². The van der Waals surface area contributed by atoms with Gasteiger partial charge < -0.3 is 5.32 Å². The van der Waals surface area contributed by atoms with Crippen LogP contribution < -0.4 is 9.62 Å². The van der Waals surface area contributed by atoms with Crippen molar-refractivity contribution < 1.29 is 17.6 Å². The molecule has 7 heteroatoms. The highest BCUT2D eigenvalue weighted by Gasteiger charge is 2.29. The van der Waals surface area contributed by atoms with Crippen molar-refractivity contribution >= 4 is 27.3 Å². The lowest BCUT2D eigenvalue weighted by Gasteiger charge is -2.31. The van der Waals surface area contributed by atoms with Gasteiger partial charge in [0.1, 0.15) is 5.82 Å². The summed E-state index contributed by atoms with van der Waals surface area (Å²) in [6.45, 7) is 0.375. The third-order valence-electron chi connectivity index (χ3n) is 5.55. The Morgan fingerprint density at radius 1 is 1.04 bits per heavy atom. The van der Waals surface area contributed by atoms with E-state index < -0.39 is 15.8 Å². The Morgan fingerprint density at radius 3 is 2.46 bits per heavy atom. The summed E-state index contributed by atoms with van der Waals surface area (Å²) < 4.78 is 40.6. The van der Waals surface area contributed by atoms with Crippen LogP contribution in [0, 0.1) is 11.7 Å². The van der Waals surface area contributed by atoms with E-state index >= 15 is 0 Å². The van der Waals surface area contributed by atoms with Gasteiger partial charge in [-0.1, -0.05) is 12.8 Å². The van der Waals surface area contributed by atoms with Crippen molar-refractivity contribution in [2.24, 2.45) is 5.92 Å². The zero-order valence-corrected chi connectivity index (χ0v) is 16.3. The third kappa shape index (κ3) is 3.63. The minimum absolute atomic E-state index is 0.0454. The van der Waals surface area contributed by atoms with Crippen molar-refractivity contribution in [2.75, 3.05) is 16.2 Å². The Morgan fingerprint density at radius 2 is 1.75 bits per heavy atom. The number of benzene rings is 2. The number of anilines is 2. The number of halogens is 1. The van der Waals surface area contributed by atoms with E-state index in [1.165, 1.54) is 16.4 Å². The van der Waals surface area contributed by atoms with E-state index in [0.29, 0.717) is 24.3 Å². The molecule has 1 saturated carbocycles. The minimum Gasteiger partial charge on any atom is -0.326 e. The van der Waals surface area contributed by atoms with Gasteiger partial charge in [-0.2, -0.15) is 0 Å². The molecule has 1 N–H and O–H groups in total. The van der Waals surface area contributed by atoms with E-state index in [2.05, 4.69) is 5.32 Å². The molecule has 28 heavy (non-hydrogen) atoms. The van der Waals surface area contributed by atoms with E-state index in [0.717, 1.165) is 49.8 Å². The van der Waals surface area contributed by atoms with E-state index in [-0.39, 0.29) is 16.7 Å². The number of hydrogen-bond acceptors (Lipinski definition) is 3. The van der Waals surface area contributed by atoms with Crippen molar-refractivity contribution in [1.82, 2.24) is 0 Å².